The molecule has 35 heavy (non-hydrogen) atoms. The van der Waals surface area contributed by atoms with Crippen LogP contribution in [0.25, 0.3) is 21.9 Å². The van der Waals surface area contributed by atoms with Gasteiger partial charge in [-0.15, -0.1) is 0 Å². The predicted octanol–water partition coefficient (Wildman–Crippen LogP) is 5.98. The predicted molar refractivity (Wildman–Crippen MR) is 139 cm³/mol. The Hall–Kier alpha value is -4.10. The van der Waals surface area contributed by atoms with E-state index in [9.17, 15) is 13.2 Å². The van der Waals surface area contributed by atoms with Gasteiger partial charge in [-0.25, -0.2) is 8.42 Å². The molecule has 0 unspecified atom stereocenters. The minimum absolute atomic E-state index is 0.121. The number of carbonyl (C=O) groups excluding carboxylic acids is 1. The Balaban J connectivity index is 1.44. The highest BCUT2D eigenvalue weighted by Crippen LogP contribution is 2.30. The number of anilines is 2. The minimum atomic E-state index is -3.96. The van der Waals surface area contributed by atoms with Gasteiger partial charge in [0.25, 0.3) is 10.0 Å². The molecule has 176 valence electrons. The molecule has 5 rings (SSSR count). The number of hydrogen-bond acceptors (Lipinski definition) is 4. The fraction of sp³-hybridized carbons (Fsp3) is 0.107. The summed E-state index contributed by atoms with van der Waals surface area (Å²) in [6, 6.07) is 28.5. The van der Waals surface area contributed by atoms with E-state index in [-0.39, 0.29) is 11.4 Å². The molecule has 0 aliphatic rings. The highest BCUT2D eigenvalue weighted by Gasteiger charge is 2.27. The van der Waals surface area contributed by atoms with E-state index in [0.29, 0.717) is 17.0 Å². The van der Waals surface area contributed by atoms with Gasteiger partial charge in [-0.2, -0.15) is 0 Å². The number of benzene rings is 4. The summed E-state index contributed by atoms with van der Waals surface area (Å²) in [5, 5.41) is 4.76. The molecule has 0 radical (unpaired) electrons. The van der Waals surface area contributed by atoms with Crippen molar-refractivity contribution in [3.63, 3.8) is 0 Å². The number of furan rings is 1. The zero-order valence-corrected chi connectivity index (χ0v) is 20.0. The fourth-order valence-corrected chi connectivity index (χ4v) is 5.51. The van der Waals surface area contributed by atoms with Gasteiger partial charge in [0.05, 0.1) is 10.6 Å². The molecule has 0 saturated heterocycles. The lowest BCUT2D eigenvalue weighted by atomic mass is 10.1. The quantitative estimate of drug-likeness (QED) is 0.308. The zero-order valence-electron chi connectivity index (χ0n) is 19.1. The molecular formula is C28H24N2O4S. The molecule has 0 saturated carbocycles. The maximum absolute atomic E-state index is 13.5. The third kappa shape index (κ3) is 4.50. The average molecular weight is 485 g/mol. The number of hydrogen-bond donors (Lipinski definition) is 1. The molecular weight excluding hydrogens is 460 g/mol. The van der Waals surface area contributed by atoms with Crippen LogP contribution in [-0.4, -0.2) is 20.9 Å². The standard InChI is InChI=1S/C28H24N2O4S/c1-2-20-12-15-22(16-13-20)30(35(32,33)23-8-4-3-5-9-23)19-28(31)29-21-14-17-25-24-10-6-7-11-26(24)34-27(25)18-21/h3-18H,2,19H2,1H3,(H,29,31). The second kappa shape index (κ2) is 9.27. The first-order valence-electron chi connectivity index (χ1n) is 11.3. The van der Waals surface area contributed by atoms with Crippen molar-refractivity contribution < 1.29 is 17.6 Å². The van der Waals surface area contributed by atoms with Gasteiger partial charge >= 0.3 is 0 Å². The van der Waals surface area contributed by atoms with Crippen molar-refractivity contribution in [3.05, 3.63) is 103 Å². The number of aryl methyl sites for hydroxylation is 1. The molecule has 0 fully saturated rings. The number of nitrogens with zero attached hydrogens (tertiary/aromatic N) is 1. The molecule has 4 aromatic carbocycles. The first-order valence-corrected chi connectivity index (χ1v) is 12.8. The van der Waals surface area contributed by atoms with Crippen LogP contribution in [0.15, 0.2) is 106 Å². The maximum Gasteiger partial charge on any atom is 0.264 e. The number of sulfonamides is 1. The van der Waals surface area contributed by atoms with Crippen LogP contribution < -0.4 is 9.62 Å². The summed E-state index contributed by atoms with van der Waals surface area (Å²) in [7, 11) is -3.96. The van der Waals surface area contributed by atoms with Crippen LogP contribution >= 0.6 is 0 Å². The summed E-state index contributed by atoms with van der Waals surface area (Å²) in [5.41, 5.74) is 3.44. The van der Waals surface area contributed by atoms with E-state index in [4.69, 9.17) is 4.42 Å². The summed E-state index contributed by atoms with van der Waals surface area (Å²) in [5.74, 6) is -0.459. The van der Waals surface area contributed by atoms with Gasteiger partial charge in [0, 0.05) is 22.5 Å². The second-order valence-corrected chi connectivity index (χ2v) is 10.1. The lowest BCUT2D eigenvalue weighted by Crippen LogP contribution is -2.38. The van der Waals surface area contributed by atoms with Crippen molar-refractivity contribution in [3.8, 4) is 0 Å². The largest absolute Gasteiger partial charge is 0.456 e. The number of nitrogens with one attached hydrogen (secondary N) is 1. The topological polar surface area (TPSA) is 79.6 Å². The van der Waals surface area contributed by atoms with E-state index in [1.54, 1.807) is 42.5 Å². The lowest BCUT2D eigenvalue weighted by molar-refractivity contribution is -0.114. The molecule has 0 aliphatic carbocycles. The normalized spacial score (nSPS) is 11.6. The molecule has 1 N–H and O–H groups in total. The Labute approximate surface area is 203 Å². The number of amides is 1. The molecule has 6 nitrogen and oxygen atoms in total. The molecule has 0 spiro atoms. The number of fused-ring (bicyclic) bond motifs is 3. The average Bonchev–Trinajstić information content (AvgIpc) is 3.25. The van der Waals surface area contributed by atoms with Gasteiger partial charge in [0.15, 0.2) is 0 Å². The van der Waals surface area contributed by atoms with Crippen molar-refractivity contribution in [1.82, 2.24) is 0 Å². The van der Waals surface area contributed by atoms with Gasteiger partial charge in [0.1, 0.15) is 17.7 Å². The molecule has 1 heterocycles. The Kier molecular flexibility index (Phi) is 6.01. The van der Waals surface area contributed by atoms with Gasteiger partial charge in [0.2, 0.25) is 5.91 Å². The first-order chi connectivity index (χ1) is 17.0. The number of para-hydroxylation sites is 1. The molecule has 1 aromatic heterocycles. The van der Waals surface area contributed by atoms with Crippen LogP contribution in [-0.2, 0) is 21.2 Å². The fourth-order valence-electron chi connectivity index (χ4n) is 4.07. The van der Waals surface area contributed by atoms with E-state index in [1.807, 2.05) is 49.4 Å². The molecule has 0 atom stereocenters. The third-order valence-corrected chi connectivity index (χ3v) is 7.70. The lowest BCUT2D eigenvalue weighted by Gasteiger charge is -2.24. The van der Waals surface area contributed by atoms with Crippen LogP contribution in [0.5, 0.6) is 0 Å². The van der Waals surface area contributed by atoms with Crippen LogP contribution in [0.3, 0.4) is 0 Å². The monoisotopic (exact) mass is 484 g/mol. The first kappa shape index (κ1) is 22.7. The summed E-state index contributed by atoms with van der Waals surface area (Å²) in [6.45, 7) is 1.65. The van der Waals surface area contributed by atoms with Gasteiger partial charge in [-0.05, 0) is 54.4 Å². The van der Waals surface area contributed by atoms with Gasteiger partial charge < -0.3 is 9.73 Å². The van der Waals surface area contributed by atoms with Gasteiger partial charge in [-0.3, -0.25) is 9.10 Å². The molecule has 5 aromatic rings. The van der Waals surface area contributed by atoms with Crippen molar-refractivity contribution in [2.24, 2.45) is 0 Å². The number of carbonyl (C=O) groups is 1. The molecule has 0 aliphatic heterocycles. The highest BCUT2D eigenvalue weighted by atomic mass is 32.2. The third-order valence-electron chi connectivity index (χ3n) is 5.91. The van der Waals surface area contributed by atoms with Crippen LogP contribution in [0.4, 0.5) is 11.4 Å². The van der Waals surface area contributed by atoms with Crippen molar-refractivity contribution >= 4 is 49.2 Å². The van der Waals surface area contributed by atoms with E-state index in [2.05, 4.69) is 5.32 Å². The highest BCUT2D eigenvalue weighted by molar-refractivity contribution is 7.92. The summed E-state index contributed by atoms with van der Waals surface area (Å²) < 4.78 is 34.0. The van der Waals surface area contributed by atoms with Crippen LogP contribution in [0, 0.1) is 0 Å². The summed E-state index contributed by atoms with van der Waals surface area (Å²) >= 11 is 0. The van der Waals surface area contributed by atoms with Crippen molar-refractivity contribution in [1.29, 1.82) is 0 Å². The summed E-state index contributed by atoms with van der Waals surface area (Å²) in [6.07, 6.45) is 0.830. The second-order valence-electron chi connectivity index (χ2n) is 8.20. The van der Waals surface area contributed by atoms with E-state index >= 15 is 0 Å². The molecule has 1 amide bonds. The van der Waals surface area contributed by atoms with Crippen molar-refractivity contribution in [2.75, 3.05) is 16.2 Å². The minimum Gasteiger partial charge on any atom is -0.456 e. The molecule has 7 heteroatoms. The maximum atomic E-state index is 13.5. The smallest absolute Gasteiger partial charge is 0.264 e. The van der Waals surface area contributed by atoms with E-state index in [0.717, 1.165) is 32.6 Å². The summed E-state index contributed by atoms with van der Waals surface area (Å²) in [4.78, 5) is 13.2. The van der Waals surface area contributed by atoms with E-state index in [1.165, 1.54) is 12.1 Å². The van der Waals surface area contributed by atoms with Crippen LogP contribution in [0.1, 0.15) is 12.5 Å². The van der Waals surface area contributed by atoms with Gasteiger partial charge in [-0.1, -0.05) is 55.5 Å². The Morgan fingerprint density at radius 1 is 0.829 bits per heavy atom. The Morgan fingerprint density at radius 3 is 2.26 bits per heavy atom. The van der Waals surface area contributed by atoms with E-state index < -0.39 is 15.9 Å². The van der Waals surface area contributed by atoms with Crippen LogP contribution in [0.2, 0.25) is 0 Å². The Morgan fingerprint density at radius 2 is 1.51 bits per heavy atom. The number of rotatable bonds is 7. The molecule has 0 bridgehead atoms. The zero-order chi connectivity index (χ0) is 24.4. The SMILES string of the molecule is CCc1ccc(N(CC(=O)Nc2ccc3c(c2)oc2ccccc23)S(=O)(=O)c2ccccc2)cc1. The van der Waals surface area contributed by atoms with Crippen molar-refractivity contribution in [2.45, 2.75) is 18.2 Å². The Bertz CT molecular complexity index is 1610.